The van der Waals surface area contributed by atoms with Gasteiger partial charge in [-0.05, 0) is 26.2 Å². The van der Waals surface area contributed by atoms with Crippen molar-refractivity contribution >= 4 is 11.8 Å². The minimum atomic E-state index is -0.407. The van der Waals surface area contributed by atoms with Gasteiger partial charge in [0, 0.05) is 7.11 Å². The Kier molecular flexibility index (Phi) is 2.88. The van der Waals surface area contributed by atoms with Gasteiger partial charge in [-0.15, -0.1) is 0 Å². The van der Waals surface area contributed by atoms with Gasteiger partial charge < -0.3 is 15.0 Å². The van der Waals surface area contributed by atoms with Gasteiger partial charge in [-0.1, -0.05) is 0 Å². The molecule has 0 aromatic carbocycles. The fourth-order valence-corrected chi connectivity index (χ4v) is 2.35. The van der Waals surface area contributed by atoms with E-state index in [9.17, 15) is 9.59 Å². The standard InChI is InChI=1S/C11H18N2O3/c1-8-10(15)13(6-9(14)12-8)7-11(16-2)4-3-5-11/h8H,3-7H2,1-2H3,(H,12,14). The molecule has 1 heterocycles. The van der Waals surface area contributed by atoms with E-state index in [0.29, 0.717) is 6.54 Å². The predicted octanol–water partition coefficient (Wildman–Crippen LogP) is -0.0976. The van der Waals surface area contributed by atoms with Crippen molar-refractivity contribution in [2.45, 2.75) is 37.8 Å². The average Bonchev–Trinajstić information content (AvgIpc) is 2.18. The van der Waals surface area contributed by atoms with Crippen LogP contribution < -0.4 is 5.32 Å². The summed E-state index contributed by atoms with van der Waals surface area (Å²) in [6.07, 6.45) is 3.09. The number of nitrogens with zero attached hydrogens (tertiary/aromatic N) is 1. The van der Waals surface area contributed by atoms with Crippen LogP contribution in [0.15, 0.2) is 0 Å². The summed E-state index contributed by atoms with van der Waals surface area (Å²) in [5.74, 6) is -0.0967. The fourth-order valence-electron chi connectivity index (χ4n) is 2.35. The number of methoxy groups -OCH3 is 1. The summed E-state index contributed by atoms with van der Waals surface area (Å²) < 4.78 is 5.47. The molecule has 16 heavy (non-hydrogen) atoms. The van der Waals surface area contributed by atoms with Crippen molar-refractivity contribution in [2.24, 2.45) is 0 Å². The molecule has 2 rings (SSSR count). The lowest BCUT2D eigenvalue weighted by Gasteiger charge is -2.45. The van der Waals surface area contributed by atoms with Gasteiger partial charge in [0.25, 0.3) is 0 Å². The number of hydrogen-bond donors (Lipinski definition) is 1. The molecule has 5 nitrogen and oxygen atoms in total. The number of piperazine rings is 1. The monoisotopic (exact) mass is 226 g/mol. The van der Waals surface area contributed by atoms with Crippen LogP contribution in [0.2, 0.25) is 0 Å². The second-order valence-electron chi connectivity index (χ2n) is 4.72. The molecule has 0 bridgehead atoms. The Balaban J connectivity index is 2.02. The second kappa shape index (κ2) is 4.05. The van der Waals surface area contributed by atoms with Crippen LogP contribution in [0.1, 0.15) is 26.2 Å². The van der Waals surface area contributed by atoms with Gasteiger partial charge in [-0.3, -0.25) is 9.59 Å². The van der Waals surface area contributed by atoms with Crippen LogP contribution >= 0.6 is 0 Å². The number of rotatable bonds is 3. The molecule has 1 aliphatic heterocycles. The maximum atomic E-state index is 11.9. The summed E-state index contributed by atoms with van der Waals surface area (Å²) in [4.78, 5) is 24.8. The molecule has 2 fully saturated rings. The lowest BCUT2D eigenvalue weighted by atomic mass is 9.79. The molecule has 0 aromatic rings. The molecule has 1 unspecified atom stereocenters. The highest BCUT2D eigenvalue weighted by Gasteiger charge is 2.42. The van der Waals surface area contributed by atoms with E-state index in [1.54, 1.807) is 18.9 Å². The van der Waals surface area contributed by atoms with Gasteiger partial charge in [-0.25, -0.2) is 0 Å². The number of amides is 2. The van der Waals surface area contributed by atoms with E-state index in [-0.39, 0.29) is 24.0 Å². The van der Waals surface area contributed by atoms with Crippen molar-refractivity contribution in [3.8, 4) is 0 Å². The van der Waals surface area contributed by atoms with E-state index >= 15 is 0 Å². The molecular weight excluding hydrogens is 208 g/mol. The molecule has 0 radical (unpaired) electrons. The lowest BCUT2D eigenvalue weighted by Crippen LogP contribution is -2.61. The van der Waals surface area contributed by atoms with Gasteiger partial charge in [0.15, 0.2) is 0 Å². The smallest absolute Gasteiger partial charge is 0.245 e. The zero-order chi connectivity index (χ0) is 11.8. The summed E-state index contributed by atoms with van der Waals surface area (Å²) in [5, 5.41) is 2.63. The third kappa shape index (κ3) is 1.91. The maximum Gasteiger partial charge on any atom is 0.245 e. The predicted molar refractivity (Wildman–Crippen MR) is 57.8 cm³/mol. The molecule has 2 amide bonds. The van der Waals surface area contributed by atoms with E-state index in [1.165, 1.54) is 0 Å². The van der Waals surface area contributed by atoms with Crippen LogP contribution in [-0.2, 0) is 14.3 Å². The fraction of sp³-hybridized carbons (Fsp3) is 0.818. The quantitative estimate of drug-likeness (QED) is 0.731. The molecule has 2 aliphatic rings. The summed E-state index contributed by atoms with van der Waals surface area (Å²) >= 11 is 0. The molecule has 1 atom stereocenters. The van der Waals surface area contributed by atoms with Crippen molar-refractivity contribution in [1.82, 2.24) is 10.2 Å². The van der Waals surface area contributed by atoms with Crippen LogP contribution in [0.3, 0.4) is 0 Å². The zero-order valence-electron chi connectivity index (χ0n) is 9.78. The lowest BCUT2D eigenvalue weighted by molar-refractivity contribution is -0.152. The first-order valence-electron chi connectivity index (χ1n) is 5.70. The van der Waals surface area contributed by atoms with Gasteiger partial charge in [0.05, 0.1) is 18.7 Å². The Hall–Kier alpha value is -1.10. The van der Waals surface area contributed by atoms with Gasteiger partial charge in [0.2, 0.25) is 11.8 Å². The largest absolute Gasteiger partial charge is 0.376 e. The molecule has 1 aliphatic carbocycles. The number of carbonyl (C=O) groups is 2. The molecule has 1 N–H and O–H groups in total. The van der Waals surface area contributed by atoms with Crippen LogP contribution in [0.25, 0.3) is 0 Å². The molecule has 1 saturated carbocycles. The Morgan fingerprint density at radius 1 is 1.50 bits per heavy atom. The Morgan fingerprint density at radius 2 is 2.19 bits per heavy atom. The van der Waals surface area contributed by atoms with Crippen molar-refractivity contribution in [2.75, 3.05) is 20.2 Å². The molecule has 5 heteroatoms. The molecule has 90 valence electrons. The van der Waals surface area contributed by atoms with E-state index < -0.39 is 6.04 Å². The van der Waals surface area contributed by atoms with E-state index in [0.717, 1.165) is 19.3 Å². The Labute approximate surface area is 95.1 Å². The Morgan fingerprint density at radius 3 is 2.69 bits per heavy atom. The summed E-state index contributed by atoms with van der Waals surface area (Å²) in [5.41, 5.74) is -0.201. The highest BCUT2D eigenvalue weighted by Crippen LogP contribution is 2.35. The third-order valence-electron chi connectivity index (χ3n) is 3.57. The highest BCUT2D eigenvalue weighted by molar-refractivity contribution is 5.94. The zero-order valence-corrected chi connectivity index (χ0v) is 9.78. The maximum absolute atomic E-state index is 11.9. The number of nitrogens with one attached hydrogen (secondary N) is 1. The third-order valence-corrected chi connectivity index (χ3v) is 3.57. The second-order valence-corrected chi connectivity index (χ2v) is 4.72. The molecular formula is C11H18N2O3. The van der Waals surface area contributed by atoms with Crippen molar-refractivity contribution in [3.05, 3.63) is 0 Å². The van der Waals surface area contributed by atoms with Gasteiger partial charge in [-0.2, -0.15) is 0 Å². The molecule has 0 spiro atoms. The van der Waals surface area contributed by atoms with Crippen LogP contribution in [0, 0.1) is 0 Å². The number of hydrogen-bond acceptors (Lipinski definition) is 3. The van der Waals surface area contributed by atoms with Crippen LogP contribution in [-0.4, -0.2) is 48.6 Å². The minimum Gasteiger partial charge on any atom is -0.376 e. The minimum absolute atomic E-state index is 0.0112. The topological polar surface area (TPSA) is 58.6 Å². The van der Waals surface area contributed by atoms with Crippen molar-refractivity contribution < 1.29 is 14.3 Å². The summed E-state index contributed by atoms with van der Waals surface area (Å²) in [6, 6.07) is -0.407. The normalized spacial score (nSPS) is 28.6. The first kappa shape index (κ1) is 11.4. The summed E-state index contributed by atoms with van der Waals surface area (Å²) in [7, 11) is 1.68. The number of carbonyl (C=O) groups excluding carboxylic acids is 2. The first-order chi connectivity index (χ1) is 7.56. The van der Waals surface area contributed by atoms with Crippen molar-refractivity contribution in [1.29, 1.82) is 0 Å². The van der Waals surface area contributed by atoms with E-state index in [2.05, 4.69) is 5.32 Å². The first-order valence-corrected chi connectivity index (χ1v) is 5.70. The van der Waals surface area contributed by atoms with E-state index in [4.69, 9.17) is 4.74 Å². The van der Waals surface area contributed by atoms with Gasteiger partial charge in [0.1, 0.15) is 6.04 Å². The molecule has 0 aromatic heterocycles. The summed E-state index contributed by atoms with van der Waals surface area (Å²) in [6.45, 7) is 2.42. The van der Waals surface area contributed by atoms with Crippen LogP contribution in [0.4, 0.5) is 0 Å². The van der Waals surface area contributed by atoms with Crippen LogP contribution in [0.5, 0.6) is 0 Å². The number of ether oxygens (including phenoxy) is 1. The van der Waals surface area contributed by atoms with Gasteiger partial charge >= 0.3 is 0 Å². The molecule has 1 saturated heterocycles. The van der Waals surface area contributed by atoms with E-state index in [1.807, 2.05) is 0 Å². The highest BCUT2D eigenvalue weighted by atomic mass is 16.5. The van der Waals surface area contributed by atoms with Crippen molar-refractivity contribution in [3.63, 3.8) is 0 Å². The Bertz CT molecular complexity index is 307. The SMILES string of the molecule is COC1(CN2CC(=O)NC(C)C2=O)CCC1. The average molecular weight is 226 g/mol.